The van der Waals surface area contributed by atoms with Crippen molar-refractivity contribution >= 4 is 28.5 Å². The van der Waals surface area contributed by atoms with Crippen molar-refractivity contribution in [1.82, 2.24) is 4.98 Å². The summed E-state index contributed by atoms with van der Waals surface area (Å²) in [5.41, 5.74) is 1.28. The molecule has 0 saturated heterocycles. The highest BCUT2D eigenvalue weighted by molar-refractivity contribution is 6.31. The SMILES string of the molecule is CCOC(=O)c1cnc2c(F)cc(Cl)cc2c1C(C)C. The second-order valence-corrected chi connectivity index (χ2v) is 5.18. The van der Waals surface area contributed by atoms with Gasteiger partial charge in [0.15, 0.2) is 5.82 Å². The maximum absolute atomic E-state index is 13.9. The molecule has 1 aromatic heterocycles. The fourth-order valence-corrected chi connectivity index (χ4v) is 2.44. The van der Waals surface area contributed by atoms with Crippen LogP contribution in [0, 0.1) is 5.82 Å². The van der Waals surface area contributed by atoms with E-state index in [4.69, 9.17) is 16.3 Å². The highest BCUT2D eigenvalue weighted by Crippen LogP contribution is 2.31. The van der Waals surface area contributed by atoms with Crippen LogP contribution >= 0.6 is 11.6 Å². The van der Waals surface area contributed by atoms with Crippen LogP contribution in [0.15, 0.2) is 18.3 Å². The Morgan fingerprint density at radius 2 is 2.15 bits per heavy atom. The summed E-state index contributed by atoms with van der Waals surface area (Å²) in [6, 6.07) is 2.84. The molecule has 0 saturated carbocycles. The van der Waals surface area contributed by atoms with Gasteiger partial charge in [-0.3, -0.25) is 4.98 Å². The third-order valence-electron chi connectivity index (χ3n) is 3.00. The van der Waals surface area contributed by atoms with Crippen molar-refractivity contribution in [1.29, 1.82) is 0 Å². The molecule has 0 spiro atoms. The molecule has 106 valence electrons. The van der Waals surface area contributed by atoms with Gasteiger partial charge < -0.3 is 4.74 Å². The Labute approximate surface area is 121 Å². The van der Waals surface area contributed by atoms with Crippen molar-refractivity contribution < 1.29 is 13.9 Å². The molecule has 20 heavy (non-hydrogen) atoms. The third-order valence-corrected chi connectivity index (χ3v) is 3.22. The average molecular weight is 296 g/mol. The number of hydrogen-bond acceptors (Lipinski definition) is 3. The summed E-state index contributed by atoms with van der Waals surface area (Å²) in [4.78, 5) is 16.0. The number of fused-ring (bicyclic) bond motifs is 1. The fraction of sp³-hybridized carbons (Fsp3) is 0.333. The highest BCUT2D eigenvalue weighted by Gasteiger charge is 2.20. The minimum absolute atomic E-state index is 0.0118. The zero-order valence-corrected chi connectivity index (χ0v) is 12.3. The number of ether oxygens (including phenoxy) is 1. The van der Waals surface area contributed by atoms with Gasteiger partial charge in [-0.15, -0.1) is 0 Å². The summed E-state index contributed by atoms with van der Waals surface area (Å²) in [7, 11) is 0. The minimum atomic E-state index is -0.496. The van der Waals surface area contributed by atoms with Gasteiger partial charge in [0, 0.05) is 16.6 Å². The molecule has 0 amide bonds. The summed E-state index contributed by atoms with van der Waals surface area (Å²) in [5, 5.41) is 0.829. The molecule has 0 N–H and O–H groups in total. The molecule has 0 atom stereocenters. The lowest BCUT2D eigenvalue weighted by Gasteiger charge is -2.15. The third kappa shape index (κ3) is 2.61. The van der Waals surface area contributed by atoms with Gasteiger partial charge >= 0.3 is 5.97 Å². The quantitative estimate of drug-likeness (QED) is 0.791. The van der Waals surface area contributed by atoms with Crippen molar-refractivity contribution in [3.8, 4) is 0 Å². The van der Waals surface area contributed by atoms with E-state index < -0.39 is 11.8 Å². The second kappa shape index (κ2) is 5.75. The van der Waals surface area contributed by atoms with Gasteiger partial charge in [0.05, 0.1) is 12.2 Å². The predicted molar refractivity (Wildman–Crippen MR) is 76.8 cm³/mol. The largest absolute Gasteiger partial charge is 0.462 e. The Morgan fingerprint density at radius 1 is 1.45 bits per heavy atom. The van der Waals surface area contributed by atoms with Crippen LogP contribution in [-0.2, 0) is 4.74 Å². The van der Waals surface area contributed by atoms with E-state index in [-0.39, 0.29) is 23.1 Å². The molecule has 0 radical (unpaired) electrons. The van der Waals surface area contributed by atoms with Crippen LogP contribution in [-0.4, -0.2) is 17.6 Å². The number of rotatable bonds is 3. The summed E-state index contributed by atoms with van der Waals surface area (Å²) in [5.74, 6) is -0.937. The maximum atomic E-state index is 13.9. The summed E-state index contributed by atoms with van der Waals surface area (Å²) >= 11 is 5.91. The van der Waals surface area contributed by atoms with Gasteiger partial charge in [0.1, 0.15) is 5.52 Å². The smallest absolute Gasteiger partial charge is 0.340 e. The number of carbonyl (C=O) groups excluding carboxylic acids is 1. The molecule has 0 aliphatic rings. The minimum Gasteiger partial charge on any atom is -0.462 e. The molecule has 2 aromatic rings. The molecule has 0 fully saturated rings. The van der Waals surface area contributed by atoms with E-state index in [0.717, 1.165) is 0 Å². The van der Waals surface area contributed by atoms with Gasteiger partial charge in [0.2, 0.25) is 0 Å². The average Bonchev–Trinajstić information content (AvgIpc) is 2.37. The van der Waals surface area contributed by atoms with Crippen molar-refractivity contribution in [2.45, 2.75) is 26.7 Å². The standard InChI is InChI=1S/C15H15ClFNO2/c1-4-20-15(19)11-7-18-14-10(13(11)8(2)3)5-9(16)6-12(14)17/h5-8H,4H2,1-3H3. The van der Waals surface area contributed by atoms with Crippen LogP contribution in [0.1, 0.15) is 42.6 Å². The summed E-state index contributed by atoms with van der Waals surface area (Å²) in [6.07, 6.45) is 1.37. The number of hydrogen-bond donors (Lipinski definition) is 0. The zero-order chi connectivity index (χ0) is 14.9. The Bertz CT molecular complexity index is 670. The van der Waals surface area contributed by atoms with Gasteiger partial charge in [-0.05, 0) is 30.5 Å². The van der Waals surface area contributed by atoms with Crippen LogP contribution < -0.4 is 0 Å². The first-order valence-corrected chi connectivity index (χ1v) is 6.78. The maximum Gasteiger partial charge on any atom is 0.340 e. The number of esters is 1. The Kier molecular flexibility index (Phi) is 4.23. The Hall–Kier alpha value is -1.68. The van der Waals surface area contributed by atoms with Crippen LogP contribution in [0.4, 0.5) is 4.39 Å². The number of aromatic nitrogens is 1. The van der Waals surface area contributed by atoms with E-state index in [2.05, 4.69) is 4.98 Å². The Morgan fingerprint density at radius 3 is 2.75 bits per heavy atom. The lowest BCUT2D eigenvalue weighted by molar-refractivity contribution is 0.0524. The van der Waals surface area contributed by atoms with E-state index in [0.29, 0.717) is 16.5 Å². The van der Waals surface area contributed by atoms with Crippen molar-refractivity contribution in [3.05, 3.63) is 40.3 Å². The topological polar surface area (TPSA) is 39.2 Å². The lowest BCUT2D eigenvalue weighted by atomic mass is 9.94. The number of pyridine rings is 1. The van der Waals surface area contributed by atoms with Gasteiger partial charge in [-0.1, -0.05) is 25.4 Å². The molecule has 0 bridgehead atoms. The lowest BCUT2D eigenvalue weighted by Crippen LogP contribution is -2.10. The van der Waals surface area contributed by atoms with Crippen molar-refractivity contribution in [2.75, 3.05) is 6.61 Å². The number of benzene rings is 1. The molecule has 1 heterocycles. The first-order valence-electron chi connectivity index (χ1n) is 6.40. The molecular formula is C15H15ClFNO2. The van der Waals surface area contributed by atoms with E-state index in [1.54, 1.807) is 13.0 Å². The van der Waals surface area contributed by atoms with E-state index >= 15 is 0 Å². The van der Waals surface area contributed by atoms with E-state index in [1.807, 2.05) is 13.8 Å². The highest BCUT2D eigenvalue weighted by atomic mass is 35.5. The molecule has 2 rings (SSSR count). The molecule has 0 aliphatic heterocycles. The van der Waals surface area contributed by atoms with Gasteiger partial charge in [0.25, 0.3) is 0 Å². The molecule has 1 aromatic carbocycles. The molecular weight excluding hydrogens is 281 g/mol. The van der Waals surface area contributed by atoms with Crippen LogP contribution in [0.5, 0.6) is 0 Å². The molecule has 0 aliphatic carbocycles. The normalized spacial score (nSPS) is 11.1. The number of nitrogens with zero attached hydrogens (tertiary/aromatic N) is 1. The molecule has 3 nitrogen and oxygen atoms in total. The van der Waals surface area contributed by atoms with Crippen molar-refractivity contribution in [2.24, 2.45) is 0 Å². The van der Waals surface area contributed by atoms with Gasteiger partial charge in [-0.2, -0.15) is 0 Å². The monoisotopic (exact) mass is 295 g/mol. The summed E-state index contributed by atoms with van der Waals surface area (Å²) in [6.45, 7) is 5.86. The van der Waals surface area contributed by atoms with E-state index in [9.17, 15) is 9.18 Å². The molecule has 5 heteroatoms. The first kappa shape index (κ1) is 14.7. The first-order chi connectivity index (χ1) is 9.45. The van der Waals surface area contributed by atoms with E-state index in [1.165, 1.54) is 12.3 Å². The summed E-state index contributed by atoms with van der Waals surface area (Å²) < 4.78 is 18.9. The fourth-order valence-electron chi connectivity index (χ4n) is 2.24. The van der Waals surface area contributed by atoms with Crippen molar-refractivity contribution in [3.63, 3.8) is 0 Å². The Balaban J connectivity index is 2.78. The van der Waals surface area contributed by atoms with Gasteiger partial charge in [-0.25, -0.2) is 9.18 Å². The second-order valence-electron chi connectivity index (χ2n) is 4.74. The van der Waals surface area contributed by atoms with Crippen LogP contribution in [0.2, 0.25) is 5.02 Å². The van der Waals surface area contributed by atoms with Crippen LogP contribution in [0.25, 0.3) is 10.9 Å². The molecule has 0 unspecified atom stereocenters. The number of halogens is 2. The van der Waals surface area contributed by atoms with Crippen LogP contribution in [0.3, 0.4) is 0 Å². The predicted octanol–water partition coefficient (Wildman–Crippen LogP) is 4.33. The number of carbonyl (C=O) groups is 1. The zero-order valence-electron chi connectivity index (χ0n) is 11.5.